The number of amides is 1. The molecule has 1 amide bonds. The number of halogens is 1. The highest BCUT2D eigenvalue weighted by Gasteiger charge is 2.12. The van der Waals surface area contributed by atoms with E-state index in [1.54, 1.807) is 0 Å². The van der Waals surface area contributed by atoms with Gasteiger partial charge in [0.15, 0.2) is 0 Å². The average Bonchev–Trinajstić information content (AvgIpc) is 2.26. The van der Waals surface area contributed by atoms with Gasteiger partial charge in [-0.15, -0.1) is 0 Å². The number of rotatable bonds is 5. The fourth-order valence-corrected chi connectivity index (χ4v) is 2.06. The van der Waals surface area contributed by atoms with E-state index in [2.05, 4.69) is 21.2 Å². The Labute approximate surface area is 111 Å². The number of hydrogen-bond donors (Lipinski definition) is 1. The van der Waals surface area contributed by atoms with E-state index in [1.165, 1.54) is 0 Å². The summed E-state index contributed by atoms with van der Waals surface area (Å²) in [7, 11) is 0. The van der Waals surface area contributed by atoms with E-state index in [1.807, 2.05) is 45.0 Å². The van der Waals surface area contributed by atoms with Crippen molar-refractivity contribution in [3.05, 3.63) is 34.3 Å². The largest absolute Gasteiger partial charge is 0.369 e. The van der Waals surface area contributed by atoms with Crippen LogP contribution in [0.4, 0.5) is 0 Å². The van der Waals surface area contributed by atoms with Crippen LogP contribution >= 0.6 is 15.9 Å². The van der Waals surface area contributed by atoms with E-state index in [4.69, 9.17) is 4.74 Å². The van der Waals surface area contributed by atoms with Gasteiger partial charge < -0.3 is 10.1 Å². The van der Waals surface area contributed by atoms with Crippen molar-refractivity contribution in [1.29, 1.82) is 0 Å². The van der Waals surface area contributed by atoms with E-state index in [9.17, 15) is 4.79 Å². The van der Waals surface area contributed by atoms with E-state index >= 15 is 0 Å². The molecule has 0 bridgehead atoms. The van der Waals surface area contributed by atoms with E-state index in [0.717, 1.165) is 10.0 Å². The predicted octanol–water partition coefficient (Wildman–Crippen LogP) is 3.05. The molecule has 0 saturated heterocycles. The highest BCUT2D eigenvalue weighted by Crippen LogP contribution is 2.22. The summed E-state index contributed by atoms with van der Waals surface area (Å²) in [4.78, 5) is 11.6. The van der Waals surface area contributed by atoms with Crippen LogP contribution in [0.2, 0.25) is 0 Å². The Morgan fingerprint density at radius 1 is 1.35 bits per heavy atom. The molecule has 0 saturated carbocycles. The minimum Gasteiger partial charge on any atom is -0.369 e. The Morgan fingerprint density at radius 2 is 2.00 bits per heavy atom. The van der Waals surface area contributed by atoms with Gasteiger partial charge in [0.2, 0.25) is 5.91 Å². The van der Waals surface area contributed by atoms with Crippen molar-refractivity contribution in [1.82, 2.24) is 5.32 Å². The molecular weight excluding hydrogens is 282 g/mol. The predicted molar refractivity (Wildman–Crippen MR) is 71.8 cm³/mol. The highest BCUT2D eigenvalue weighted by atomic mass is 79.9. The van der Waals surface area contributed by atoms with Crippen molar-refractivity contribution in [2.24, 2.45) is 0 Å². The number of ether oxygens (including phenoxy) is 1. The first-order valence-electron chi connectivity index (χ1n) is 5.66. The molecule has 4 heteroatoms. The van der Waals surface area contributed by atoms with Crippen LogP contribution in [0.15, 0.2) is 28.7 Å². The minimum atomic E-state index is -0.0954. The Bertz CT molecular complexity index is 379. The molecule has 1 aromatic carbocycles. The molecule has 0 aliphatic heterocycles. The smallest absolute Gasteiger partial charge is 0.246 e. The zero-order chi connectivity index (χ0) is 12.8. The van der Waals surface area contributed by atoms with Crippen LogP contribution in [-0.4, -0.2) is 18.6 Å². The molecule has 0 fully saturated rings. The summed E-state index contributed by atoms with van der Waals surface area (Å²) in [5, 5.41) is 2.90. The van der Waals surface area contributed by atoms with Crippen LogP contribution in [0.5, 0.6) is 0 Å². The maximum Gasteiger partial charge on any atom is 0.246 e. The molecule has 1 aromatic rings. The molecule has 0 spiro atoms. The maximum atomic E-state index is 11.6. The fourth-order valence-electron chi connectivity index (χ4n) is 1.43. The van der Waals surface area contributed by atoms with E-state index in [-0.39, 0.29) is 24.7 Å². The lowest BCUT2D eigenvalue weighted by atomic mass is 10.1. The van der Waals surface area contributed by atoms with Crippen LogP contribution < -0.4 is 5.32 Å². The molecule has 1 N–H and O–H groups in total. The summed E-state index contributed by atoms with van der Waals surface area (Å²) in [5.74, 6) is -0.0954. The second-order valence-electron chi connectivity index (χ2n) is 4.17. The van der Waals surface area contributed by atoms with Crippen LogP contribution in [0, 0.1) is 0 Å². The van der Waals surface area contributed by atoms with Gasteiger partial charge in [0.25, 0.3) is 0 Å². The molecule has 94 valence electrons. The van der Waals surface area contributed by atoms with Gasteiger partial charge >= 0.3 is 0 Å². The van der Waals surface area contributed by atoms with Crippen LogP contribution in [-0.2, 0) is 9.53 Å². The van der Waals surface area contributed by atoms with Crippen LogP contribution in [0.1, 0.15) is 32.4 Å². The van der Waals surface area contributed by atoms with Gasteiger partial charge in [0.05, 0.1) is 12.1 Å². The normalized spacial score (nSPS) is 12.5. The van der Waals surface area contributed by atoms with Crippen molar-refractivity contribution in [2.45, 2.75) is 32.9 Å². The van der Waals surface area contributed by atoms with Gasteiger partial charge in [-0.05, 0) is 32.4 Å². The van der Waals surface area contributed by atoms with Crippen molar-refractivity contribution < 1.29 is 9.53 Å². The molecule has 1 rings (SSSR count). The summed E-state index contributed by atoms with van der Waals surface area (Å²) in [6.45, 7) is 5.87. The molecule has 1 atom stereocenters. The third-order valence-electron chi connectivity index (χ3n) is 2.30. The topological polar surface area (TPSA) is 38.3 Å². The molecule has 0 unspecified atom stereocenters. The first-order chi connectivity index (χ1) is 8.00. The second-order valence-corrected chi connectivity index (χ2v) is 5.02. The number of benzene rings is 1. The van der Waals surface area contributed by atoms with Gasteiger partial charge in [0, 0.05) is 4.47 Å². The summed E-state index contributed by atoms with van der Waals surface area (Å²) in [6.07, 6.45) is 0.0690. The Balaban J connectivity index is 2.52. The molecule has 3 nitrogen and oxygen atoms in total. The monoisotopic (exact) mass is 299 g/mol. The number of nitrogens with one attached hydrogen (secondary N) is 1. The van der Waals surface area contributed by atoms with E-state index < -0.39 is 0 Å². The minimum absolute atomic E-state index is 0.0335. The highest BCUT2D eigenvalue weighted by molar-refractivity contribution is 9.10. The Hall–Kier alpha value is -0.870. The van der Waals surface area contributed by atoms with Crippen molar-refractivity contribution in [3.63, 3.8) is 0 Å². The lowest BCUT2D eigenvalue weighted by molar-refractivity contribution is -0.127. The van der Waals surface area contributed by atoms with Gasteiger partial charge in [-0.2, -0.15) is 0 Å². The van der Waals surface area contributed by atoms with Crippen LogP contribution in [0.25, 0.3) is 0 Å². The van der Waals surface area contributed by atoms with Gasteiger partial charge in [0.1, 0.15) is 6.61 Å². The third-order valence-corrected chi connectivity index (χ3v) is 3.02. The summed E-state index contributed by atoms with van der Waals surface area (Å²) >= 11 is 3.47. The number of hydrogen-bond acceptors (Lipinski definition) is 2. The lowest BCUT2D eigenvalue weighted by Crippen LogP contribution is -2.31. The molecule has 0 heterocycles. The first kappa shape index (κ1) is 14.2. The van der Waals surface area contributed by atoms with Gasteiger partial charge in [-0.3, -0.25) is 4.79 Å². The van der Waals surface area contributed by atoms with Gasteiger partial charge in [-0.25, -0.2) is 0 Å². The Morgan fingerprint density at radius 3 is 2.59 bits per heavy atom. The maximum absolute atomic E-state index is 11.6. The van der Waals surface area contributed by atoms with E-state index in [0.29, 0.717) is 0 Å². The molecule has 17 heavy (non-hydrogen) atoms. The summed E-state index contributed by atoms with van der Waals surface area (Å²) in [6, 6.07) is 7.81. The summed E-state index contributed by atoms with van der Waals surface area (Å²) < 4.78 is 6.24. The zero-order valence-corrected chi connectivity index (χ0v) is 12.0. The van der Waals surface area contributed by atoms with Gasteiger partial charge in [-0.1, -0.05) is 34.1 Å². The fraction of sp³-hybridized carbons (Fsp3) is 0.462. The second kappa shape index (κ2) is 6.77. The standard InChI is InChI=1S/C13H18BrNO2/c1-9(2)17-8-13(16)15-10(3)11-6-4-5-7-12(11)14/h4-7,9-10H,8H2,1-3H3,(H,15,16)/t10-/m0/s1. The van der Waals surface area contributed by atoms with Crippen molar-refractivity contribution in [3.8, 4) is 0 Å². The quantitative estimate of drug-likeness (QED) is 0.907. The SMILES string of the molecule is CC(C)OCC(=O)N[C@@H](C)c1ccccc1Br. The average molecular weight is 300 g/mol. The molecular formula is C13H18BrNO2. The third kappa shape index (κ3) is 4.88. The molecule has 0 aliphatic carbocycles. The number of carbonyl (C=O) groups excluding carboxylic acids is 1. The van der Waals surface area contributed by atoms with Crippen LogP contribution in [0.3, 0.4) is 0 Å². The molecule has 0 aromatic heterocycles. The van der Waals surface area contributed by atoms with Crippen molar-refractivity contribution >= 4 is 21.8 Å². The lowest BCUT2D eigenvalue weighted by Gasteiger charge is -2.16. The van der Waals surface area contributed by atoms with Crippen molar-refractivity contribution in [2.75, 3.05) is 6.61 Å². The first-order valence-corrected chi connectivity index (χ1v) is 6.45. The molecule has 0 aliphatic rings. The number of carbonyl (C=O) groups is 1. The Kier molecular flexibility index (Phi) is 5.65. The zero-order valence-electron chi connectivity index (χ0n) is 10.4. The molecule has 0 radical (unpaired) electrons. The summed E-state index contributed by atoms with van der Waals surface area (Å²) in [5.41, 5.74) is 1.06.